The number of ether oxygens (including phenoxy) is 1. The number of aromatic carboxylic acids is 1. The maximum atomic E-state index is 12.2. The molecule has 1 aromatic carbocycles. The number of carboxylic acids is 1. The topological polar surface area (TPSA) is 66.8 Å². The fourth-order valence-electron chi connectivity index (χ4n) is 2.44. The van der Waals surface area contributed by atoms with Gasteiger partial charge >= 0.3 is 5.97 Å². The second kappa shape index (κ2) is 6.52. The van der Waals surface area contributed by atoms with E-state index in [9.17, 15) is 9.59 Å². The van der Waals surface area contributed by atoms with Crippen molar-refractivity contribution in [2.24, 2.45) is 0 Å². The molecule has 0 aliphatic carbocycles. The highest BCUT2D eigenvalue weighted by Crippen LogP contribution is 2.15. The molecular formula is C15H19NO4. The van der Waals surface area contributed by atoms with Crippen LogP contribution in [0.5, 0.6) is 0 Å². The highest BCUT2D eigenvalue weighted by atomic mass is 16.5. The van der Waals surface area contributed by atoms with Gasteiger partial charge in [0.1, 0.15) is 0 Å². The average Bonchev–Trinajstić information content (AvgIpc) is 2.47. The molecule has 5 nitrogen and oxygen atoms in total. The largest absolute Gasteiger partial charge is 0.478 e. The molecule has 0 bridgehead atoms. The lowest BCUT2D eigenvalue weighted by molar-refractivity contribution is -0.132. The van der Waals surface area contributed by atoms with Crippen LogP contribution in [0, 0.1) is 0 Å². The van der Waals surface area contributed by atoms with Gasteiger partial charge in [0.2, 0.25) is 5.91 Å². The van der Waals surface area contributed by atoms with Crippen molar-refractivity contribution in [3.63, 3.8) is 0 Å². The van der Waals surface area contributed by atoms with E-state index in [4.69, 9.17) is 9.84 Å². The fraction of sp³-hybridized carbons (Fsp3) is 0.467. The Labute approximate surface area is 118 Å². The molecule has 1 fully saturated rings. The van der Waals surface area contributed by atoms with E-state index in [2.05, 4.69) is 0 Å². The summed E-state index contributed by atoms with van der Waals surface area (Å²) in [6.45, 7) is 1.41. The van der Waals surface area contributed by atoms with Crippen LogP contribution >= 0.6 is 0 Å². The summed E-state index contributed by atoms with van der Waals surface area (Å²) in [5, 5.41) is 8.94. The molecule has 1 amide bonds. The van der Waals surface area contributed by atoms with Crippen molar-refractivity contribution in [1.29, 1.82) is 0 Å². The van der Waals surface area contributed by atoms with Crippen LogP contribution in [0.4, 0.5) is 0 Å². The minimum Gasteiger partial charge on any atom is -0.478 e. The summed E-state index contributed by atoms with van der Waals surface area (Å²) < 4.78 is 5.28. The quantitative estimate of drug-likeness (QED) is 0.907. The van der Waals surface area contributed by atoms with E-state index in [1.807, 2.05) is 4.90 Å². The van der Waals surface area contributed by atoms with Gasteiger partial charge in [-0.2, -0.15) is 0 Å². The molecule has 5 heteroatoms. The summed E-state index contributed by atoms with van der Waals surface area (Å²) >= 11 is 0. The van der Waals surface area contributed by atoms with E-state index < -0.39 is 5.97 Å². The number of methoxy groups -OCH3 is 1. The predicted octanol–water partition coefficient (Wildman–Crippen LogP) is 1.56. The number of hydrogen-bond acceptors (Lipinski definition) is 3. The number of carbonyl (C=O) groups excluding carboxylic acids is 1. The fourth-order valence-corrected chi connectivity index (χ4v) is 2.44. The maximum Gasteiger partial charge on any atom is 0.335 e. The van der Waals surface area contributed by atoms with Gasteiger partial charge < -0.3 is 14.7 Å². The minimum atomic E-state index is -0.972. The van der Waals surface area contributed by atoms with Gasteiger partial charge in [-0.1, -0.05) is 12.1 Å². The SMILES string of the molecule is COC1CCN(C(=O)Cc2cccc(C(=O)O)c2)CC1. The molecule has 0 spiro atoms. The summed E-state index contributed by atoms with van der Waals surface area (Å²) in [6.07, 6.45) is 2.21. The van der Waals surface area contributed by atoms with Gasteiger partial charge in [0.15, 0.2) is 0 Å². The summed E-state index contributed by atoms with van der Waals surface area (Å²) in [4.78, 5) is 24.9. The average molecular weight is 277 g/mol. The van der Waals surface area contributed by atoms with Crippen LogP contribution in [0.2, 0.25) is 0 Å². The first-order valence-corrected chi connectivity index (χ1v) is 6.73. The normalized spacial score (nSPS) is 16.1. The number of carboxylic acid groups (broad SMARTS) is 1. The minimum absolute atomic E-state index is 0.0436. The number of nitrogens with zero attached hydrogens (tertiary/aromatic N) is 1. The second-order valence-electron chi connectivity index (χ2n) is 5.00. The van der Waals surface area contributed by atoms with E-state index in [-0.39, 0.29) is 24.0 Å². The molecule has 0 aromatic heterocycles. The Morgan fingerprint density at radius 1 is 1.35 bits per heavy atom. The Morgan fingerprint density at radius 2 is 2.05 bits per heavy atom. The first-order valence-electron chi connectivity index (χ1n) is 6.73. The number of amides is 1. The molecular weight excluding hydrogens is 258 g/mol. The van der Waals surface area contributed by atoms with E-state index in [1.54, 1.807) is 25.3 Å². The smallest absolute Gasteiger partial charge is 0.335 e. The standard InChI is InChI=1S/C15H19NO4/c1-20-13-5-7-16(8-6-13)14(17)10-11-3-2-4-12(9-11)15(18)19/h2-4,9,13H,5-8,10H2,1H3,(H,18,19). The molecule has 1 N–H and O–H groups in total. The zero-order chi connectivity index (χ0) is 14.5. The number of rotatable bonds is 4. The van der Waals surface area contributed by atoms with Crippen molar-refractivity contribution in [2.75, 3.05) is 20.2 Å². The van der Waals surface area contributed by atoms with Gasteiger partial charge in [-0.3, -0.25) is 4.79 Å². The van der Waals surface area contributed by atoms with Crippen molar-refractivity contribution >= 4 is 11.9 Å². The molecule has 0 saturated carbocycles. The number of piperidine rings is 1. The molecule has 1 aromatic rings. The monoisotopic (exact) mass is 277 g/mol. The Morgan fingerprint density at radius 3 is 2.65 bits per heavy atom. The van der Waals surface area contributed by atoms with Crippen LogP contribution < -0.4 is 0 Å². The summed E-state index contributed by atoms with van der Waals surface area (Å²) in [5.41, 5.74) is 0.956. The zero-order valence-corrected chi connectivity index (χ0v) is 11.5. The van der Waals surface area contributed by atoms with E-state index >= 15 is 0 Å². The third-order valence-corrected chi connectivity index (χ3v) is 3.66. The maximum absolute atomic E-state index is 12.2. The number of benzene rings is 1. The highest BCUT2D eigenvalue weighted by molar-refractivity contribution is 5.88. The van der Waals surface area contributed by atoms with Gasteiger partial charge in [0, 0.05) is 20.2 Å². The second-order valence-corrected chi connectivity index (χ2v) is 5.00. The van der Waals surface area contributed by atoms with Crippen LogP contribution in [0.25, 0.3) is 0 Å². The van der Waals surface area contributed by atoms with Crippen molar-refractivity contribution in [3.05, 3.63) is 35.4 Å². The highest BCUT2D eigenvalue weighted by Gasteiger charge is 2.22. The lowest BCUT2D eigenvalue weighted by Gasteiger charge is -2.31. The molecule has 20 heavy (non-hydrogen) atoms. The number of carbonyl (C=O) groups is 2. The van der Waals surface area contributed by atoms with Crippen LogP contribution in [-0.2, 0) is 16.0 Å². The molecule has 1 heterocycles. The molecule has 0 unspecified atom stereocenters. The first kappa shape index (κ1) is 14.5. The third kappa shape index (κ3) is 3.57. The summed E-state index contributed by atoms with van der Waals surface area (Å²) in [7, 11) is 1.69. The zero-order valence-electron chi connectivity index (χ0n) is 11.5. The van der Waals surface area contributed by atoms with Crippen molar-refractivity contribution in [1.82, 2.24) is 4.90 Å². The molecule has 1 aliphatic rings. The van der Waals surface area contributed by atoms with Crippen molar-refractivity contribution in [2.45, 2.75) is 25.4 Å². The molecule has 1 aliphatic heterocycles. The van der Waals surface area contributed by atoms with Crippen LogP contribution in [0.1, 0.15) is 28.8 Å². The molecule has 2 rings (SSSR count). The lowest BCUT2D eigenvalue weighted by atomic mass is 10.0. The number of likely N-dealkylation sites (tertiary alicyclic amines) is 1. The van der Waals surface area contributed by atoms with Gasteiger partial charge in [0.05, 0.1) is 18.1 Å². The summed E-state index contributed by atoms with van der Waals surface area (Å²) in [6, 6.07) is 6.54. The van der Waals surface area contributed by atoms with Crippen molar-refractivity contribution in [3.8, 4) is 0 Å². The van der Waals surface area contributed by atoms with E-state index in [0.29, 0.717) is 13.1 Å². The lowest BCUT2D eigenvalue weighted by Crippen LogP contribution is -2.41. The predicted molar refractivity (Wildman–Crippen MR) is 73.7 cm³/mol. The molecule has 1 saturated heterocycles. The Hall–Kier alpha value is -1.88. The van der Waals surface area contributed by atoms with Crippen LogP contribution in [0.15, 0.2) is 24.3 Å². The Bertz CT molecular complexity index is 492. The van der Waals surface area contributed by atoms with Gasteiger partial charge in [-0.05, 0) is 30.5 Å². The molecule has 0 atom stereocenters. The summed E-state index contributed by atoms with van der Waals surface area (Å²) in [5.74, 6) is -0.928. The van der Waals surface area contributed by atoms with Gasteiger partial charge in [-0.25, -0.2) is 4.79 Å². The number of hydrogen-bond donors (Lipinski definition) is 1. The van der Waals surface area contributed by atoms with Gasteiger partial charge in [0.25, 0.3) is 0 Å². The Balaban J connectivity index is 1.95. The van der Waals surface area contributed by atoms with Crippen LogP contribution in [-0.4, -0.2) is 48.2 Å². The molecule has 0 radical (unpaired) electrons. The first-order chi connectivity index (χ1) is 9.60. The van der Waals surface area contributed by atoms with Gasteiger partial charge in [-0.15, -0.1) is 0 Å². The molecule has 108 valence electrons. The van der Waals surface area contributed by atoms with Crippen molar-refractivity contribution < 1.29 is 19.4 Å². The third-order valence-electron chi connectivity index (χ3n) is 3.66. The Kier molecular flexibility index (Phi) is 4.74. The van der Waals surface area contributed by atoms with Crippen LogP contribution in [0.3, 0.4) is 0 Å². The van der Waals surface area contributed by atoms with E-state index in [0.717, 1.165) is 18.4 Å². The van der Waals surface area contributed by atoms with E-state index in [1.165, 1.54) is 6.07 Å².